The highest BCUT2D eigenvalue weighted by atomic mass is 16.3. The molecule has 5 heteroatoms. The molecular formula is C10H15NO4. The van der Waals surface area contributed by atoms with Gasteiger partial charge in [0.1, 0.15) is 0 Å². The van der Waals surface area contributed by atoms with Crippen LogP contribution in [0.2, 0.25) is 0 Å². The van der Waals surface area contributed by atoms with Crippen LogP contribution in [0.4, 0.5) is 0 Å². The van der Waals surface area contributed by atoms with E-state index >= 15 is 0 Å². The molecule has 1 rings (SSSR count). The van der Waals surface area contributed by atoms with Gasteiger partial charge in [-0.25, -0.2) is 0 Å². The molecule has 0 bridgehead atoms. The van der Waals surface area contributed by atoms with E-state index in [1.54, 1.807) is 6.07 Å². The second-order valence-corrected chi connectivity index (χ2v) is 3.41. The van der Waals surface area contributed by atoms with Gasteiger partial charge in [-0.05, 0) is 18.6 Å². The lowest BCUT2D eigenvalue weighted by atomic mass is 10.1. The van der Waals surface area contributed by atoms with Crippen LogP contribution in [0.3, 0.4) is 0 Å². The normalized spacial score (nSPS) is 14.6. The van der Waals surface area contributed by atoms with Gasteiger partial charge in [0.2, 0.25) is 5.91 Å². The number of nitrogens with one attached hydrogen (secondary N) is 1. The van der Waals surface area contributed by atoms with Crippen molar-refractivity contribution < 1.29 is 19.4 Å². The topological polar surface area (TPSA) is 82.7 Å². The van der Waals surface area contributed by atoms with Crippen LogP contribution in [0.15, 0.2) is 23.0 Å². The summed E-state index contributed by atoms with van der Waals surface area (Å²) in [6.45, 7) is 1.23. The maximum atomic E-state index is 11.4. The van der Waals surface area contributed by atoms with E-state index in [0.29, 0.717) is 0 Å². The number of carbonyl (C=O) groups excluding carboxylic acids is 1. The summed E-state index contributed by atoms with van der Waals surface area (Å²) in [5.41, 5.74) is 0.759. The third kappa shape index (κ3) is 3.73. The molecule has 0 aliphatic rings. The van der Waals surface area contributed by atoms with Gasteiger partial charge in [0.15, 0.2) is 0 Å². The second-order valence-electron chi connectivity index (χ2n) is 3.41. The predicted molar refractivity (Wildman–Crippen MR) is 53.1 cm³/mol. The van der Waals surface area contributed by atoms with E-state index in [4.69, 9.17) is 9.52 Å². The summed E-state index contributed by atoms with van der Waals surface area (Å²) in [4.78, 5) is 11.4. The Bertz CT molecular complexity index is 294. The molecule has 0 unspecified atom stereocenters. The fraction of sp³-hybridized carbons (Fsp3) is 0.500. The third-order valence-electron chi connectivity index (χ3n) is 2.07. The molecule has 0 spiro atoms. The number of aliphatic hydroxyl groups is 2. The minimum Gasteiger partial charge on any atom is -0.472 e. The number of carbonyl (C=O) groups is 1. The zero-order valence-electron chi connectivity index (χ0n) is 8.51. The number of rotatable bonds is 5. The van der Waals surface area contributed by atoms with Crippen molar-refractivity contribution in [2.75, 3.05) is 6.61 Å². The van der Waals surface area contributed by atoms with Crippen LogP contribution in [0.25, 0.3) is 0 Å². The first-order valence-electron chi connectivity index (χ1n) is 4.73. The van der Waals surface area contributed by atoms with Crippen LogP contribution in [-0.2, 0) is 11.2 Å². The number of hydrogen-bond acceptors (Lipinski definition) is 4. The third-order valence-corrected chi connectivity index (χ3v) is 2.07. The summed E-state index contributed by atoms with van der Waals surface area (Å²) in [7, 11) is 0. The largest absolute Gasteiger partial charge is 0.472 e. The quantitative estimate of drug-likeness (QED) is 0.626. The van der Waals surface area contributed by atoms with Crippen molar-refractivity contribution in [1.82, 2.24) is 5.32 Å². The molecule has 1 aromatic rings. The molecule has 1 heterocycles. The lowest BCUT2D eigenvalue weighted by Gasteiger charge is -2.18. The van der Waals surface area contributed by atoms with Gasteiger partial charge < -0.3 is 19.9 Å². The average Bonchev–Trinajstić information content (AvgIpc) is 2.66. The number of furan rings is 1. The maximum absolute atomic E-state index is 11.4. The highest BCUT2D eigenvalue weighted by Crippen LogP contribution is 2.01. The molecule has 0 aromatic carbocycles. The molecule has 5 nitrogen and oxygen atoms in total. The molecule has 0 aliphatic heterocycles. The number of aliphatic hydroxyl groups excluding tert-OH is 2. The Kier molecular flexibility index (Phi) is 4.33. The highest BCUT2D eigenvalue weighted by Gasteiger charge is 2.16. The Labute approximate surface area is 87.7 Å². The number of hydrogen-bond donors (Lipinski definition) is 3. The summed E-state index contributed by atoms with van der Waals surface area (Å²) < 4.78 is 4.82. The standard InChI is InChI=1S/C10H15NO4/c1-7(13)9(5-12)11-10(14)4-8-2-3-15-6-8/h2-3,6-7,9,12-13H,4-5H2,1H3,(H,11,14)/t7-,9-/m1/s1. The van der Waals surface area contributed by atoms with Crippen molar-refractivity contribution in [1.29, 1.82) is 0 Å². The van der Waals surface area contributed by atoms with Crippen LogP contribution < -0.4 is 5.32 Å². The second kappa shape index (κ2) is 5.53. The molecule has 84 valence electrons. The van der Waals surface area contributed by atoms with Gasteiger partial charge in [0.05, 0.1) is 37.7 Å². The van der Waals surface area contributed by atoms with E-state index in [0.717, 1.165) is 5.56 Å². The fourth-order valence-electron chi connectivity index (χ4n) is 1.16. The Balaban J connectivity index is 2.41. The zero-order valence-corrected chi connectivity index (χ0v) is 8.51. The van der Waals surface area contributed by atoms with Crippen molar-refractivity contribution in [2.45, 2.75) is 25.5 Å². The molecule has 2 atom stereocenters. The lowest BCUT2D eigenvalue weighted by Crippen LogP contribution is -2.45. The molecule has 0 fully saturated rings. The van der Waals surface area contributed by atoms with E-state index in [-0.39, 0.29) is 18.9 Å². The van der Waals surface area contributed by atoms with Crippen LogP contribution in [0.5, 0.6) is 0 Å². The highest BCUT2D eigenvalue weighted by molar-refractivity contribution is 5.78. The van der Waals surface area contributed by atoms with Gasteiger partial charge in [-0.2, -0.15) is 0 Å². The fourth-order valence-corrected chi connectivity index (χ4v) is 1.16. The smallest absolute Gasteiger partial charge is 0.224 e. The molecule has 3 N–H and O–H groups in total. The molecule has 15 heavy (non-hydrogen) atoms. The summed E-state index contributed by atoms with van der Waals surface area (Å²) in [5, 5.41) is 20.6. The van der Waals surface area contributed by atoms with Crippen LogP contribution in [-0.4, -0.2) is 34.9 Å². The zero-order chi connectivity index (χ0) is 11.3. The summed E-state index contributed by atoms with van der Waals surface area (Å²) >= 11 is 0. The Morgan fingerprint density at radius 1 is 1.67 bits per heavy atom. The summed E-state index contributed by atoms with van der Waals surface area (Å²) in [6.07, 6.45) is 2.37. The van der Waals surface area contributed by atoms with Crippen LogP contribution in [0, 0.1) is 0 Å². The minimum absolute atomic E-state index is 0.180. The van der Waals surface area contributed by atoms with Gasteiger partial charge in [0.25, 0.3) is 0 Å². The van der Waals surface area contributed by atoms with Crippen molar-refractivity contribution in [3.63, 3.8) is 0 Å². The van der Waals surface area contributed by atoms with Crippen LogP contribution in [0.1, 0.15) is 12.5 Å². The minimum atomic E-state index is -0.775. The Morgan fingerprint density at radius 3 is 2.87 bits per heavy atom. The molecule has 0 saturated heterocycles. The van der Waals surface area contributed by atoms with Crippen molar-refractivity contribution in [2.24, 2.45) is 0 Å². The maximum Gasteiger partial charge on any atom is 0.224 e. The Morgan fingerprint density at radius 2 is 2.40 bits per heavy atom. The summed E-state index contributed by atoms with van der Waals surface area (Å²) in [6, 6.07) is 1.07. The van der Waals surface area contributed by atoms with E-state index in [2.05, 4.69) is 5.32 Å². The van der Waals surface area contributed by atoms with Crippen molar-refractivity contribution >= 4 is 5.91 Å². The van der Waals surface area contributed by atoms with Gasteiger partial charge in [-0.1, -0.05) is 0 Å². The predicted octanol–water partition coefficient (Wildman–Crippen LogP) is -0.320. The molecule has 0 saturated carbocycles. The van der Waals surface area contributed by atoms with Crippen molar-refractivity contribution in [3.8, 4) is 0 Å². The molecular weight excluding hydrogens is 198 g/mol. The van der Waals surface area contributed by atoms with Gasteiger partial charge in [0, 0.05) is 0 Å². The first-order valence-corrected chi connectivity index (χ1v) is 4.73. The van der Waals surface area contributed by atoms with Crippen molar-refractivity contribution in [3.05, 3.63) is 24.2 Å². The van der Waals surface area contributed by atoms with Gasteiger partial charge in [-0.3, -0.25) is 4.79 Å². The average molecular weight is 213 g/mol. The summed E-state index contributed by atoms with van der Waals surface area (Å²) in [5.74, 6) is -0.253. The van der Waals surface area contributed by atoms with E-state index in [9.17, 15) is 9.90 Å². The molecule has 1 aromatic heterocycles. The SMILES string of the molecule is C[C@@H](O)[C@@H](CO)NC(=O)Cc1ccoc1. The molecule has 1 amide bonds. The first-order chi connectivity index (χ1) is 7.13. The van der Waals surface area contributed by atoms with Gasteiger partial charge >= 0.3 is 0 Å². The molecule has 0 radical (unpaired) electrons. The number of amides is 1. The first kappa shape index (κ1) is 11.7. The molecule has 0 aliphatic carbocycles. The van der Waals surface area contributed by atoms with Gasteiger partial charge in [-0.15, -0.1) is 0 Å². The monoisotopic (exact) mass is 213 g/mol. The van der Waals surface area contributed by atoms with E-state index < -0.39 is 12.1 Å². The van der Waals surface area contributed by atoms with E-state index in [1.807, 2.05) is 0 Å². The van der Waals surface area contributed by atoms with E-state index in [1.165, 1.54) is 19.5 Å². The lowest BCUT2D eigenvalue weighted by molar-refractivity contribution is -0.122. The van der Waals surface area contributed by atoms with Crippen LogP contribution >= 0.6 is 0 Å². The Hall–Kier alpha value is -1.33.